The number of carbonyl (C=O) groups excluding carboxylic acids is 1. The van der Waals surface area contributed by atoms with Crippen molar-refractivity contribution in [3.63, 3.8) is 0 Å². The molecule has 8 heteroatoms. The Morgan fingerprint density at radius 2 is 2.23 bits per heavy atom. The van der Waals surface area contributed by atoms with Gasteiger partial charge in [0, 0.05) is 6.54 Å². The fourth-order valence-electron chi connectivity index (χ4n) is 2.38. The molecule has 1 aliphatic heterocycles. The number of rotatable bonds is 5. The van der Waals surface area contributed by atoms with E-state index in [1.54, 1.807) is 0 Å². The van der Waals surface area contributed by atoms with E-state index in [0.717, 1.165) is 6.42 Å². The van der Waals surface area contributed by atoms with Crippen molar-refractivity contribution >= 4 is 27.3 Å². The molecule has 0 radical (unpaired) electrons. The van der Waals surface area contributed by atoms with Gasteiger partial charge in [-0.2, -0.15) is 0 Å². The minimum Gasteiger partial charge on any atom is -0.506 e. The summed E-state index contributed by atoms with van der Waals surface area (Å²) in [5, 5.41) is 12.4. The summed E-state index contributed by atoms with van der Waals surface area (Å²) in [5.74, 6) is -0.423. The topological polar surface area (TPSA) is 113 Å². The Kier molecular flexibility index (Phi) is 4.92. The molecule has 0 saturated carbocycles. The van der Waals surface area contributed by atoms with Crippen molar-refractivity contribution < 1.29 is 18.3 Å². The Morgan fingerprint density at radius 3 is 2.82 bits per heavy atom. The lowest BCUT2D eigenvalue weighted by Crippen LogP contribution is -2.35. The quantitative estimate of drug-likeness (QED) is 0.698. The second-order valence-electron chi connectivity index (χ2n) is 5.33. The summed E-state index contributed by atoms with van der Waals surface area (Å²) in [6.07, 6.45) is 1.87. The van der Waals surface area contributed by atoms with Crippen molar-refractivity contribution in [2.45, 2.75) is 32.2 Å². The van der Waals surface area contributed by atoms with E-state index in [2.05, 4.69) is 5.32 Å². The Bertz CT molecular complexity index is 660. The zero-order valence-corrected chi connectivity index (χ0v) is 13.3. The summed E-state index contributed by atoms with van der Waals surface area (Å²) in [6.45, 7) is 2.32. The average Bonchev–Trinajstić information content (AvgIpc) is 2.81. The number of nitrogens with one attached hydrogen (secondary N) is 1. The molecule has 0 spiro atoms. The maximum absolute atomic E-state index is 11.9. The summed E-state index contributed by atoms with van der Waals surface area (Å²) in [7, 11) is -3.31. The van der Waals surface area contributed by atoms with Gasteiger partial charge in [0.05, 0.1) is 23.2 Å². The van der Waals surface area contributed by atoms with Gasteiger partial charge in [0.15, 0.2) is 0 Å². The van der Waals surface area contributed by atoms with E-state index in [1.165, 1.54) is 22.5 Å². The number of carbonyl (C=O) groups is 1. The Hall–Kier alpha value is -1.80. The number of nitrogens with two attached hydrogens (primary N) is 1. The average molecular weight is 327 g/mol. The molecule has 1 aromatic carbocycles. The molecule has 2 rings (SSSR count). The van der Waals surface area contributed by atoms with Gasteiger partial charge in [-0.3, -0.25) is 9.10 Å². The SMILES string of the molecule is CCCC(N)C(=O)Nc1cc(N2CCCS2(=O)=O)ccc1O. The number of hydrogen-bond acceptors (Lipinski definition) is 5. The predicted octanol–water partition coefficient (Wildman–Crippen LogP) is 0.998. The third-order valence-corrected chi connectivity index (χ3v) is 5.43. The lowest BCUT2D eigenvalue weighted by molar-refractivity contribution is -0.117. The lowest BCUT2D eigenvalue weighted by atomic mass is 10.1. The van der Waals surface area contributed by atoms with Crippen LogP contribution in [0, 0.1) is 0 Å². The van der Waals surface area contributed by atoms with Crippen LogP contribution in [0.2, 0.25) is 0 Å². The number of amides is 1. The molecule has 122 valence electrons. The first-order valence-corrected chi connectivity index (χ1v) is 8.86. The third-order valence-electron chi connectivity index (χ3n) is 3.56. The fourth-order valence-corrected chi connectivity index (χ4v) is 3.93. The van der Waals surface area contributed by atoms with Gasteiger partial charge in [-0.15, -0.1) is 0 Å². The monoisotopic (exact) mass is 327 g/mol. The van der Waals surface area contributed by atoms with Crippen LogP contribution in [-0.4, -0.2) is 37.8 Å². The molecule has 1 amide bonds. The van der Waals surface area contributed by atoms with Gasteiger partial charge in [0.1, 0.15) is 5.75 Å². The number of phenols is 1. The van der Waals surface area contributed by atoms with Crippen LogP contribution in [0.5, 0.6) is 5.75 Å². The van der Waals surface area contributed by atoms with E-state index >= 15 is 0 Å². The number of phenolic OH excluding ortho intramolecular Hbond substituents is 1. The molecule has 0 aromatic heterocycles. The number of nitrogens with zero attached hydrogens (tertiary/aromatic N) is 1. The van der Waals surface area contributed by atoms with Crippen molar-refractivity contribution in [3.05, 3.63) is 18.2 Å². The molecule has 1 saturated heterocycles. The Labute approximate surface area is 130 Å². The van der Waals surface area contributed by atoms with Crippen LogP contribution in [0.25, 0.3) is 0 Å². The first kappa shape index (κ1) is 16.6. The highest BCUT2D eigenvalue weighted by Crippen LogP contribution is 2.32. The van der Waals surface area contributed by atoms with E-state index < -0.39 is 22.0 Å². The molecule has 1 fully saturated rings. The first-order valence-electron chi connectivity index (χ1n) is 7.25. The maximum atomic E-state index is 11.9. The van der Waals surface area contributed by atoms with Crippen LogP contribution in [0.3, 0.4) is 0 Å². The summed E-state index contributed by atoms with van der Waals surface area (Å²) < 4.78 is 25.1. The van der Waals surface area contributed by atoms with Gasteiger partial charge >= 0.3 is 0 Å². The van der Waals surface area contributed by atoms with E-state index in [1.807, 2.05) is 6.92 Å². The highest BCUT2D eigenvalue weighted by atomic mass is 32.2. The second-order valence-corrected chi connectivity index (χ2v) is 7.34. The summed E-state index contributed by atoms with van der Waals surface area (Å²) >= 11 is 0. The van der Waals surface area contributed by atoms with Crippen LogP contribution >= 0.6 is 0 Å². The Balaban J connectivity index is 2.22. The minimum atomic E-state index is -3.31. The van der Waals surface area contributed by atoms with Crippen molar-refractivity contribution in [1.29, 1.82) is 0 Å². The summed E-state index contributed by atoms with van der Waals surface area (Å²) in [4.78, 5) is 11.9. The zero-order chi connectivity index (χ0) is 16.3. The van der Waals surface area contributed by atoms with Gasteiger partial charge in [-0.25, -0.2) is 8.42 Å². The minimum absolute atomic E-state index is 0.108. The predicted molar refractivity (Wildman–Crippen MR) is 85.4 cm³/mol. The third kappa shape index (κ3) is 3.50. The van der Waals surface area contributed by atoms with E-state index in [0.29, 0.717) is 25.1 Å². The van der Waals surface area contributed by atoms with E-state index in [9.17, 15) is 18.3 Å². The van der Waals surface area contributed by atoms with Gasteiger partial charge in [-0.05, 0) is 31.0 Å². The summed E-state index contributed by atoms with van der Waals surface area (Å²) in [6, 6.07) is 3.67. The number of anilines is 2. The molecule has 1 atom stereocenters. The molecule has 7 nitrogen and oxygen atoms in total. The molecular formula is C14H21N3O4S. The van der Waals surface area contributed by atoms with Crippen LogP contribution in [-0.2, 0) is 14.8 Å². The second kappa shape index (κ2) is 6.53. The number of sulfonamides is 1. The number of hydrogen-bond donors (Lipinski definition) is 3. The van der Waals surface area contributed by atoms with Gasteiger partial charge in [0.2, 0.25) is 15.9 Å². The van der Waals surface area contributed by atoms with Crippen LogP contribution in [0.4, 0.5) is 11.4 Å². The molecule has 0 aliphatic carbocycles. The zero-order valence-electron chi connectivity index (χ0n) is 12.4. The molecule has 1 heterocycles. The van der Waals surface area contributed by atoms with E-state index in [4.69, 9.17) is 5.73 Å². The van der Waals surface area contributed by atoms with Crippen molar-refractivity contribution in [3.8, 4) is 5.75 Å². The number of aromatic hydroxyl groups is 1. The smallest absolute Gasteiger partial charge is 0.241 e. The largest absolute Gasteiger partial charge is 0.506 e. The molecule has 4 N–H and O–H groups in total. The normalized spacial score (nSPS) is 18.2. The van der Waals surface area contributed by atoms with Gasteiger partial charge < -0.3 is 16.2 Å². The van der Waals surface area contributed by atoms with Crippen LogP contribution in [0.15, 0.2) is 18.2 Å². The van der Waals surface area contributed by atoms with Crippen LogP contribution < -0.4 is 15.4 Å². The molecular weight excluding hydrogens is 306 g/mol. The molecule has 0 bridgehead atoms. The van der Waals surface area contributed by atoms with Crippen molar-refractivity contribution in [1.82, 2.24) is 0 Å². The Morgan fingerprint density at radius 1 is 1.50 bits per heavy atom. The van der Waals surface area contributed by atoms with Crippen molar-refractivity contribution in [2.24, 2.45) is 5.73 Å². The van der Waals surface area contributed by atoms with Crippen molar-refractivity contribution in [2.75, 3.05) is 21.9 Å². The highest BCUT2D eigenvalue weighted by molar-refractivity contribution is 7.93. The maximum Gasteiger partial charge on any atom is 0.241 e. The highest BCUT2D eigenvalue weighted by Gasteiger charge is 2.29. The molecule has 1 aromatic rings. The molecule has 1 unspecified atom stereocenters. The van der Waals surface area contributed by atoms with Gasteiger partial charge in [0.25, 0.3) is 0 Å². The fraction of sp³-hybridized carbons (Fsp3) is 0.500. The molecule has 1 aliphatic rings. The summed E-state index contributed by atoms with van der Waals surface area (Å²) in [5.41, 5.74) is 6.32. The molecule has 22 heavy (non-hydrogen) atoms. The van der Waals surface area contributed by atoms with Crippen LogP contribution in [0.1, 0.15) is 26.2 Å². The lowest BCUT2D eigenvalue weighted by Gasteiger charge is -2.19. The van der Waals surface area contributed by atoms with E-state index in [-0.39, 0.29) is 17.2 Å². The standard InChI is InChI=1S/C14H21N3O4S/c1-2-4-11(15)14(19)16-12-9-10(5-6-13(12)18)17-7-3-8-22(17,20)21/h5-6,9,11,18H,2-4,7-8,15H2,1H3,(H,16,19). The number of benzene rings is 1. The first-order chi connectivity index (χ1) is 10.3. The van der Waals surface area contributed by atoms with Gasteiger partial charge in [-0.1, -0.05) is 13.3 Å².